The fraction of sp³-hybridized carbons (Fsp3) is 0.267. The van der Waals surface area contributed by atoms with Gasteiger partial charge in [0.2, 0.25) is 0 Å². The first-order valence-corrected chi connectivity index (χ1v) is 7.77. The average Bonchev–Trinajstić information content (AvgIpc) is 3.25. The lowest BCUT2D eigenvalue weighted by Crippen LogP contribution is -2.14. The van der Waals surface area contributed by atoms with Crippen LogP contribution in [0.15, 0.2) is 36.5 Å². The number of hydrogen-bond acceptors (Lipinski definition) is 6. The third kappa shape index (κ3) is 2.86. The maximum absolute atomic E-state index is 5.87. The van der Waals surface area contributed by atoms with Crippen molar-refractivity contribution in [3.63, 3.8) is 0 Å². The van der Waals surface area contributed by atoms with Crippen LogP contribution in [0.25, 0.3) is 10.9 Å². The zero-order valence-electron chi connectivity index (χ0n) is 11.3. The number of aromatic nitrogens is 3. The molecule has 4 rings (SSSR count). The zero-order valence-corrected chi connectivity index (χ0v) is 12.1. The molecule has 5 nitrogen and oxygen atoms in total. The first-order valence-electron chi connectivity index (χ1n) is 6.96. The van der Waals surface area contributed by atoms with Crippen LogP contribution < -0.4 is 10.1 Å². The summed E-state index contributed by atoms with van der Waals surface area (Å²) in [6.07, 6.45) is 4.31. The zero-order chi connectivity index (χ0) is 14.1. The predicted molar refractivity (Wildman–Crippen MR) is 81.6 cm³/mol. The van der Waals surface area contributed by atoms with Crippen molar-refractivity contribution in [3.8, 4) is 10.9 Å². The Hall–Kier alpha value is -2.05. The topological polar surface area (TPSA) is 59.9 Å². The number of hydrogen-bond donors (Lipinski definition) is 1. The summed E-state index contributed by atoms with van der Waals surface area (Å²) in [6.45, 7) is 0.767. The fourth-order valence-electron chi connectivity index (χ4n) is 2.13. The molecule has 0 amide bonds. The molecular formula is C15H14N4OS. The van der Waals surface area contributed by atoms with Crippen molar-refractivity contribution < 1.29 is 4.74 Å². The van der Waals surface area contributed by atoms with Crippen LogP contribution in [0, 0.1) is 0 Å². The summed E-state index contributed by atoms with van der Waals surface area (Å²) in [6, 6.07) is 10.4. The molecular weight excluding hydrogens is 284 g/mol. The number of benzene rings is 1. The second-order valence-corrected chi connectivity index (χ2v) is 6.07. The number of pyridine rings is 1. The summed E-state index contributed by atoms with van der Waals surface area (Å²) in [5.74, 6) is 0.762. The minimum absolute atomic E-state index is 0.568. The summed E-state index contributed by atoms with van der Waals surface area (Å²) in [4.78, 5) is 4.32. The van der Waals surface area contributed by atoms with E-state index in [9.17, 15) is 0 Å². The quantitative estimate of drug-likeness (QED) is 0.784. The molecule has 106 valence electrons. The normalized spacial score (nSPS) is 14.5. The second kappa shape index (κ2) is 5.38. The molecule has 0 unspecified atom stereocenters. The van der Waals surface area contributed by atoms with E-state index in [1.54, 1.807) is 6.20 Å². The lowest BCUT2D eigenvalue weighted by Gasteiger charge is -2.04. The van der Waals surface area contributed by atoms with E-state index in [4.69, 9.17) is 4.74 Å². The first-order chi connectivity index (χ1) is 10.4. The van der Waals surface area contributed by atoms with Crippen LogP contribution in [0.3, 0.4) is 0 Å². The smallest absolute Gasteiger partial charge is 0.299 e. The van der Waals surface area contributed by atoms with E-state index < -0.39 is 0 Å². The van der Waals surface area contributed by atoms with E-state index in [1.807, 2.05) is 30.3 Å². The van der Waals surface area contributed by atoms with E-state index >= 15 is 0 Å². The summed E-state index contributed by atoms with van der Waals surface area (Å²) in [7, 11) is 0. The van der Waals surface area contributed by atoms with Crippen molar-refractivity contribution in [2.24, 2.45) is 0 Å². The Labute approximate surface area is 126 Å². The Kier molecular flexibility index (Phi) is 3.25. The standard InChI is InChI=1S/C15H14N4OS/c1-4-12-11(3-2-8-16-12)13(5-1)20-15-19-18-14(21-15)9-17-10-6-7-10/h1-5,8,10,17H,6-7,9H2. The molecule has 0 saturated heterocycles. The molecule has 2 heterocycles. The SMILES string of the molecule is c1cc(Oc2nnc(CNC3CC3)s2)c2cccnc2c1. The number of nitrogens with one attached hydrogen (secondary N) is 1. The molecule has 0 radical (unpaired) electrons. The highest BCUT2D eigenvalue weighted by molar-refractivity contribution is 7.13. The average molecular weight is 298 g/mol. The summed E-state index contributed by atoms with van der Waals surface area (Å²) in [5, 5.41) is 14.2. The van der Waals surface area contributed by atoms with Gasteiger partial charge in [0.15, 0.2) is 0 Å². The number of fused-ring (bicyclic) bond motifs is 1. The van der Waals surface area contributed by atoms with Gasteiger partial charge in [-0.1, -0.05) is 22.5 Å². The highest BCUT2D eigenvalue weighted by atomic mass is 32.1. The van der Waals surface area contributed by atoms with E-state index in [0.29, 0.717) is 11.2 Å². The van der Waals surface area contributed by atoms with Gasteiger partial charge < -0.3 is 10.1 Å². The van der Waals surface area contributed by atoms with Gasteiger partial charge in [0.1, 0.15) is 10.8 Å². The Balaban J connectivity index is 1.53. The van der Waals surface area contributed by atoms with Gasteiger partial charge in [-0.3, -0.25) is 4.98 Å². The lowest BCUT2D eigenvalue weighted by molar-refractivity contribution is 0.478. The Morgan fingerprint density at radius 3 is 3.05 bits per heavy atom. The van der Waals surface area contributed by atoms with Crippen molar-refractivity contribution in [1.29, 1.82) is 0 Å². The maximum atomic E-state index is 5.87. The van der Waals surface area contributed by atoms with Crippen molar-refractivity contribution >= 4 is 22.2 Å². The third-order valence-electron chi connectivity index (χ3n) is 3.37. The molecule has 0 spiro atoms. The maximum Gasteiger partial charge on any atom is 0.299 e. The van der Waals surface area contributed by atoms with Crippen molar-refractivity contribution in [2.45, 2.75) is 25.4 Å². The molecule has 1 aliphatic rings. The van der Waals surface area contributed by atoms with E-state index in [-0.39, 0.29) is 0 Å². The Bertz CT molecular complexity index is 764. The molecule has 2 aromatic heterocycles. The van der Waals surface area contributed by atoms with Gasteiger partial charge in [-0.15, -0.1) is 5.10 Å². The van der Waals surface area contributed by atoms with Gasteiger partial charge in [-0.05, 0) is 37.1 Å². The minimum atomic E-state index is 0.568. The van der Waals surface area contributed by atoms with Crippen molar-refractivity contribution in [3.05, 3.63) is 41.5 Å². The number of rotatable bonds is 5. The highest BCUT2D eigenvalue weighted by Crippen LogP contribution is 2.30. The van der Waals surface area contributed by atoms with Gasteiger partial charge in [-0.25, -0.2) is 0 Å². The molecule has 3 aromatic rings. The fourth-order valence-corrected chi connectivity index (χ4v) is 2.78. The molecule has 1 aliphatic carbocycles. The van der Waals surface area contributed by atoms with Crippen LogP contribution in [-0.2, 0) is 6.54 Å². The number of ether oxygens (including phenoxy) is 1. The first kappa shape index (κ1) is 12.7. The van der Waals surface area contributed by atoms with Gasteiger partial charge in [-0.2, -0.15) is 0 Å². The van der Waals surface area contributed by atoms with E-state index in [0.717, 1.165) is 28.2 Å². The molecule has 1 N–H and O–H groups in total. The Morgan fingerprint density at radius 1 is 1.19 bits per heavy atom. The van der Waals surface area contributed by atoms with E-state index in [1.165, 1.54) is 24.2 Å². The molecule has 0 bridgehead atoms. The summed E-state index contributed by atoms with van der Waals surface area (Å²) in [5.41, 5.74) is 0.912. The van der Waals surface area contributed by atoms with Crippen LogP contribution in [0.2, 0.25) is 0 Å². The lowest BCUT2D eigenvalue weighted by atomic mass is 10.2. The van der Waals surface area contributed by atoms with Crippen molar-refractivity contribution in [2.75, 3.05) is 0 Å². The highest BCUT2D eigenvalue weighted by Gasteiger charge is 2.20. The van der Waals surface area contributed by atoms with Crippen LogP contribution in [0.5, 0.6) is 10.9 Å². The van der Waals surface area contributed by atoms with Crippen LogP contribution in [-0.4, -0.2) is 21.2 Å². The third-order valence-corrected chi connectivity index (χ3v) is 4.17. The molecule has 1 fully saturated rings. The van der Waals surface area contributed by atoms with Gasteiger partial charge >= 0.3 is 0 Å². The molecule has 0 atom stereocenters. The molecule has 0 aliphatic heterocycles. The van der Waals surface area contributed by atoms with Gasteiger partial charge in [0, 0.05) is 17.6 Å². The minimum Gasteiger partial charge on any atom is -0.429 e. The van der Waals surface area contributed by atoms with Crippen LogP contribution in [0.1, 0.15) is 17.8 Å². The molecule has 1 aromatic carbocycles. The predicted octanol–water partition coefficient (Wildman–Crippen LogP) is 3.13. The molecule has 21 heavy (non-hydrogen) atoms. The second-order valence-electron chi connectivity index (χ2n) is 5.05. The van der Waals surface area contributed by atoms with Gasteiger partial charge in [0.25, 0.3) is 5.19 Å². The Morgan fingerprint density at radius 2 is 2.14 bits per heavy atom. The van der Waals surface area contributed by atoms with Crippen molar-refractivity contribution in [1.82, 2.24) is 20.5 Å². The monoisotopic (exact) mass is 298 g/mol. The summed E-state index contributed by atoms with van der Waals surface area (Å²) < 4.78 is 5.87. The largest absolute Gasteiger partial charge is 0.429 e. The van der Waals surface area contributed by atoms with E-state index in [2.05, 4.69) is 20.5 Å². The van der Waals surface area contributed by atoms with Gasteiger partial charge in [0.05, 0.1) is 12.1 Å². The van der Waals surface area contributed by atoms with Crippen LogP contribution in [0.4, 0.5) is 0 Å². The van der Waals surface area contributed by atoms with Crippen LogP contribution >= 0.6 is 11.3 Å². The summed E-state index contributed by atoms with van der Waals surface area (Å²) >= 11 is 1.48. The molecule has 6 heteroatoms. The molecule has 1 saturated carbocycles. The number of nitrogens with zero attached hydrogens (tertiary/aromatic N) is 3.